The lowest BCUT2D eigenvalue weighted by molar-refractivity contribution is 0.415. The molecule has 3 heteroatoms. The van der Waals surface area contributed by atoms with E-state index in [4.69, 9.17) is 4.74 Å². The lowest BCUT2D eigenvalue weighted by Crippen LogP contribution is -1.93. The Morgan fingerprint density at radius 3 is 2.44 bits per heavy atom. The second-order valence-corrected chi connectivity index (χ2v) is 4.82. The molecule has 2 aromatic rings. The zero-order chi connectivity index (χ0) is 13.0. The van der Waals surface area contributed by atoms with Crippen molar-refractivity contribution in [3.05, 3.63) is 58.6 Å². The van der Waals surface area contributed by atoms with Gasteiger partial charge in [-0.3, -0.25) is 4.99 Å². The van der Waals surface area contributed by atoms with Crippen molar-refractivity contribution in [2.24, 2.45) is 4.99 Å². The summed E-state index contributed by atoms with van der Waals surface area (Å²) in [6.45, 7) is 2.01. The first-order valence-corrected chi connectivity index (χ1v) is 6.43. The van der Waals surface area contributed by atoms with Crippen molar-refractivity contribution in [3.63, 3.8) is 0 Å². The zero-order valence-electron chi connectivity index (χ0n) is 10.4. The smallest absolute Gasteiger partial charge is 0.119 e. The molecule has 0 aliphatic carbocycles. The van der Waals surface area contributed by atoms with Crippen LogP contribution in [0.5, 0.6) is 5.75 Å². The third-order valence-electron chi connectivity index (χ3n) is 2.61. The van der Waals surface area contributed by atoms with E-state index in [1.165, 1.54) is 0 Å². The fraction of sp³-hybridized carbons (Fsp3) is 0.133. The van der Waals surface area contributed by atoms with Gasteiger partial charge in [0.25, 0.3) is 0 Å². The van der Waals surface area contributed by atoms with Gasteiger partial charge in [0.15, 0.2) is 0 Å². The topological polar surface area (TPSA) is 21.6 Å². The van der Waals surface area contributed by atoms with E-state index in [1.807, 2.05) is 49.4 Å². The van der Waals surface area contributed by atoms with E-state index in [0.29, 0.717) is 0 Å². The molecule has 0 saturated heterocycles. The van der Waals surface area contributed by atoms with Crippen LogP contribution in [-0.4, -0.2) is 12.8 Å². The number of nitrogens with zero attached hydrogens (tertiary/aromatic N) is 1. The normalized spacial score (nSPS) is 11.4. The third-order valence-corrected chi connectivity index (χ3v) is 3.10. The Morgan fingerprint density at radius 2 is 1.83 bits per heavy atom. The first kappa shape index (κ1) is 12.8. The van der Waals surface area contributed by atoms with Crippen LogP contribution in [0.2, 0.25) is 0 Å². The van der Waals surface area contributed by atoms with Crippen molar-refractivity contribution in [2.45, 2.75) is 6.92 Å². The standard InChI is InChI=1S/C15H14BrNO/c1-11(12-4-3-5-13(16)10-12)17-14-6-8-15(18-2)9-7-14/h3-10H,1-2H3. The van der Waals surface area contributed by atoms with Crippen molar-refractivity contribution < 1.29 is 4.74 Å². The van der Waals surface area contributed by atoms with E-state index in [9.17, 15) is 0 Å². The summed E-state index contributed by atoms with van der Waals surface area (Å²) in [5.74, 6) is 0.842. The Labute approximate surface area is 115 Å². The summed E-state index contributed by atoms with van der Waals surface area (Å²) in [4.78, 5) is 4.59. The molecule has 92 valence electrons. The van der Waals surface area contributed by atoms with Gasteiger partial charge in [0.1, 0.15) is 5.75 Å². The monoisotopic (exact) mass is 303 g/mol. The van der Waals surface area contributed by atoms with E-state index >= 15 is 0 Å². The molecule has 0 amide bonds. The Balaban J connectivity index is 2.26. The molecule has 0 heterocycles. The number of hydrogen-bond donors (Lipinski definition) is 0. The van der Waals surface area contributed by atoms with E-state index in [2.05, 4.69) is 27.0 Å². The number of ether oxygens (including phenoxy) is 1. The molecule has 0 unspecified atom stereocenters. The molecule has 0 aromatic heterocycles. The quantitative estimate of drug-likeness (QED) is 0.760. The average Bonchev–Trinajstić information content (AvgIpc) is 2.39. The maximum Gasteiger partial charge on any atom is 0.119 e. The minimum atomic E-state index is 0.842. The van der Waals surface area contributed by atoms with Gasteiger partial charge in [0.05, 0.1) is 12.8 Å². The van der Waals surface area contributed by atoms with Crippen LogP contribution in [0.15, 0.2) is 58.0 Å². The molecule has 0 aliphatic heterocycles. The number of halogens is 1. The highest BCUT2D eigenvalue weighted by molar-refractivity contribution is 9.10. The molecule has 0 saturated carbocycles. The molecular weight excluding hydrogens is 290 g/mol. The molecule has 0 bridgehead atoms. The van der Waals surface area contributed by atoms with Crippen LogP contribution in [0.3, 0.4) is 0 Å². The van der Waals surface area contributed by atoms with Crippen LogP contribution in [-0.2, 0) is 0 Å². The molecule has 0 fully saturated rings. The fourth-order valence-corrected chi connectivity index (χ4v) is 2.03. The van der Waals surface area contributed by atoms with Gasteiger partial charge in [0.2, 0.25) is 0 Å². The van der Waals surface area contributed by atoms with Crippen molar-refractivity contribution in [2.75, 3.05) is 7.11 Å². The number of hydrogen-bond acceptors (Lipinski definition) is 2. The van der Waals surface area contributed by atoms with Crippen LogP contribution in [0.4, 0.5) is 5.69 Å². The van der Waals surface area contributed by atoms with Gasteiger partial charge in [-0.2, -0.15) is 0 Å². The minimum absolute atomic E-state index is 0.842. The zero-order valence-corrected chi connectivity index (χ0v) is 11.9. The fourth-order valence-electron chi connectivity index (χ4n) is 1.63. The van der Waals surface area contributed by atoms with Gasteiger partial charge in [-0.05, 0) is 48.9 Å². The maximum atomic E-state index is 5.12. The molecule has 2 rings (SSSR count). The van der Waals surface area contributed by atoms with Crippen LogP contribution in [0.1, 0.15) is 12.5 Å². The van der Waals surface area contributed by atoms with Crippen molar-refractivity contribution in [3.8, 4) is 5.75 Å². The highest BCUT2D eigenvalue weighted by atomic mass is 79.9. The van der Waals surface area contributed by atoms with Crippen LogP contribution in [0, 0.1) is 0 Å². The third kappa shape index (κ3) is 3.20. The largest absolute Gasteiger partial charge is 0.497 e. The Bertz CT molecular complexity index is 561. The summed E-state index contributed by atoms with van der Waals surface area (Å²) >= 11 is 3.46. The molecule has 0 N–H and O–H groups in total. The molecular formula is C15H14BrNO. The average molecular weight is 304 g/mol. The van der Waals surface area contributed by atoms with Gasteiger partial charge in [-0.25, -0.2) is 0 Å². The second kappa shape index (κ2) is 5.83. The molecule has 18 heavy (non-hydrogen) atoms. The molecule has 0 radical (unpaired) electrons. The molecule has 2 nitrogen and oxygen atoms in total. The van der Waals surface area contributed by atoms with Gasteiger partial charge in [0, 0.05) is 10.2 Å². The van der Waals surface area contributed by atoms with Crippen LogP contribution >= 0.6 is 15.9 Å². The highest BCUT2D eigenvalue weighted by Gasteiger charge is 1.99. The lowest BCUT2D eigenvalue weighted by Gasteiger charge is -2.03. The molecule has 0 atom stereocenters. The van der Waals surface area contributed by atoms with E-state index in [-0.39, 0.29) is 0 Å². The summed E-state index contributed by atoms with van der Waals surface area (Å²) < 4.78 is 6.18. The number of methoxy groups -OCH3 is 1. The van der Waals surface area contributed by atoms with Crippen molar-refractivity contribution >= 4 is 27.3 Å². The number of aliphatic imine (C=N–C) groups is 1. The summed E-state index contributed by atoms with van der Waals surface area (Å²) in [5.41, 5.74) is 3.02. The first-order valence-electron chi connectivity index (χ1n) is 5.64. The van der Waals surface area contributed by atoms with Gasteiger partial charge in [-0.15, -0.1) is 0 Å². The van der Waals surface area contributed by atoms with Crippen molar-refractivity contribution in [1.82, 2.24) is 0 Å². The Hall–Kier alpha value is -1.61. The molecule has 2 aromatic carbocycles. The summed E-state index contributed by atoms with van der Waals surface area (Å²) in [5, 5.41) is 0. The maximum absolute atomic E-state index is 5.12. The van der Waals surface area contributed by atoms with E-state index in [0.717, 1.165) is 27.2 Å². The van der Waals surface area contributed by atoms with Crippen LogP contribution in [0.25, 0.3) is 0 Å². The first-order chi connectivity index (χ1) is 8.69. The summed E-state index contributed by atoms with van der Waals surface area (Å²) in [7, 11) is 1.66. The highest BCUT2D eigenvalue weighted by Crippen LogP contribution is 2.19. The number of rotatable bonds is 3. The SMILES string of the molecule is COc1ccc(N=C(C)c2cccc(Br)c2)cc1. The second-order valence-electron chi connectivity index (χ2n) is 3.91. The predicted octanol–water partition coefficient (Wildman–Crippen LogP) is 4.60. The molecule has 0 aliphatic rings. The number of benzene rings is 2. The summed E-state index contributed by atoms with van der Waals surface area (Å²) in [6, 6.07) is 15.8. The molecule has 0 spiro atoms. The van der Waals surface area contributed by atoms with Gasteiger partial charge >= 0.3 is 0 Å². The summed E-state index contributed by atoms with van der Waals surface area (Å²) in [6.07, 6.45) is 0. The van der Waals surface area contributed by atoms with Gasteiger partial charge in [-0.1, -0.05) is 28.1 Å². The van der Waals surface area contributed by atoms with E-state index in [1.54, 1.807) is 7.11 Å². The Kier molecular flexibility index (Phi) is 4.15. The van der Waals surface area contributed by atoms with E-state index < -0.39 is 0 Å². The Morgan fingerprint density at radius 1 is 1.11 bits per heavy atom. The van der Waals surface area contributed by atoms with Crippen molar-refractivity contribution in [1.29, 1.82) is 0 Å². The lowest BCUT2D eigenvalue weighted by atomic mass is 10.1. The predicted molar refractivity (Wildman–Crippen MR) is 79.0 cm³/mol. The minimum Gasteiger partial charge on any atom is -0.497 e. The van der Waals surface area contributed by atoms with Gasteiger partial charge < -0.3 is 4.74 Å². The van der Waals surface area contributed by atoms with Crippen LogP contribution < -0.4 is 4.74 Å².